The third-order valence-corrected chi connectivity index (χ3v) is 4.14. The summed E-state index contributed by atoms with van der Waals surface area (Å²) < 4.78 is 10.4. The van der Waals surface area contributed by atoms with Crippen molar-refractivity contribution in [1.29, 1.82) is 0 Å². The van der Waals surface area contributed by atoms with Gasteiger partial charge in [-0.2, -0.15) is 0 Å². The Morgan fingerprint density at radius 1 is 0.962 bits per heavy atom. The van der Waals surface area contributed by atoms with Crippen LogP contribution in [0.3, 0.4) is 0 Å². The van der Waals surface area contributed by atoms with Crippen LogP contribution in [0.5, 0.6) is 11.5 Å². The van der Waals surface area contributed by atoms with Crippen molar-refractivity contribution in [1.82, 2.24) is 5.32 Å². The summed E-state index contributed by atoms with van der Waals surface area (Å²) in [4.78, 5) is 24.1. The fourth-order valence-electron chi connectivity index (χ4n) is 2.50. The molecule has 138 valence electrons. The van der Waals surface area contributed by atoms with Crippen molar-refractivity contribution in [3.8, 4) is 11.5 Å². The second-order valence-electron chi connectivity index (χ2n) is 5.94. The molecule has 26 heavy (non-hydrogen) atoms. The van der Waals surface area contributed by atoms with Crippen molar-refractivity contribution >= 4 is 17.5 Å². The van der Waals surface area contributed by atoms with Crippen LogP contribution in [-0.2, 0) is 16.0 Å². The van der Waals surface area contributed by atoms with Crippen molar-refractivity contribution in [2.24, 2.45) is 0 Å². The molecule has 0 aliphatic heterocycles. The van der Waals surface area contributed by atoms with Crippen molar-refractivity contribution in [2.75, 3.05) is 26.1 Å². The summed E-state index contributed by atoms with van der Waals surface area (Å²) >= 11 is 0. The number of nitrogens with one attached hydrogen (secondary N) is 2. The number of methoxy groups -OCH3 is 2. The van der Waals surface area contributed by atoms with E-state index in [0.717, 1.165) is 22.4 Å². The molecule has 0 bridgehead atoms. The third-order valence-electron chi connectivity index (χ3n) is 4.14. The fraction of sp³-hybridized carbons (Fsp3) is 0.300. The van der Waals surface area contributed by atoms with Gasteiger partial charge in [0.25, 0.3) is 0 Å². The minimum atomic E-state index is -0.264. The lowest BCUT2D eigenvalue weighted by molar-refractivity contribution is -0.123. The Bertz CT molecular complexity index is 802. The Balaban J connectivity index is 1.88. The zero-order valence-corrected chi connectivity index (χ0v) is 15.5. The maximum atomic E-state index is 12.1. The van der Waals surface area contributed by atoms with Gasteiger partial charge in [0, 0.05) is 5.69 Å². The SMILES string of the molecule is COc1ccc(CC(=O)NCC(=O)Nc2cccc(C)c2C)cc1OC. The van der Waals surface area contributed by atoms with Crippen molar-refractivity contribution in [2.45, 2.75) is 20.3 Å². The van der Waals surface area contributed by atoms with Gasteiger partial charge in [0.2, 0.25) is 11.8 Å². The second kappa shape index (κ2) is 8.89. The molecule has 0 spiro atoms. The quantitative estimate of drug-likeness (QED) is 0.800. The van der Waals surface area contributed by atoms with Crippen molar-refractivity contribution < 1.29 is 19.1 Å². The predicted octanol–water partition coefficient (Wildman–Crippen LogP) is 2.62. The van der Waals surface area contributed by atoms with Crippen LogP contribution in [0.1, 0.15) is 16.7 Å². The van der Waals surface area contributed by atoms with Crippen LogP contribution in [0.2, 0.25) is 0 Å². The molecule has 0 fully saturated rings. The summed E-state index contributed by atoms with van der Waals surface area (Å²) in [6.45, 7) is 3.84. The molecular formula is C20H24N2O4. The first-order chi connectivity index (χ1) is 12.4. The van der Waals surface area contributed by atoms with Crippen LogP contribution in [-0.4, -0.2) is 32.6 Å². The molecular weight excluding hydrogens is 332 g/mol. The molecule has 6 nitrogen and oxygen atoms in total. The number of carbonyl (C=O) groups is 2. The first kappa shape index (κ1) is 19.3. The van der Waals surface area contributed by atoms with Gasteiger partial charge in [-0.1, -0.05) is 18.2 Å². The van der Waals surface area contributed by atoms with E-state index in [2.05, 4.69) is 10.6 Å². The smallest absolute Gasteiger partial charge is 0.243 e. The van der Waals surface area contributed by atoms with Gasteiger partial charge in [-0.15, -0.1) is 0 Å². The number of carbonyl (C=O) groups excluding carboxylic acids is 2. The Kier molecular flexibility index (Phi) is 6.60. The molecule has 0 aliphatic carbocycles. The molecule has 0 aromatic heterocycles. The number of rotatable bonds is 7. The van der Waals surface area contributed by atoms with E-state index in [-0.39, 0.29) is 24.8 Å². The molecule has 0 saturated heterocycles. The van der Waals surface area contributed by atoms with Crippen LogP contribution in [0.15, 0.2) is 36.4 Å². The van der Waals surface area contributed by atoms with E-state index in [1.54, 1.807) is 32.4 Å². The highest BCUT2D eigenvalue weighted by Crippen LogP contribution is 2.27. The number of hydrogen-bond donors (Lipinski definition) is 2. The summed E-state index contributed by atoms with van der Waals surface area (Å²) in [7, 11) is 3.10. The first-order valence-electron chi connectivity index (χ1n) is 8.28. The second-order valence-corrected chi connectivity index (χ2v) is 5.94. The molecule has 2 aromatic carbocycles. The van der Waals surface area contributed by atoms with Crippen LogP contribution < -0.4 is 20.1 Å². The van der Waals surface area contributed by atoms with E-state index in [0.29, 0.717) is 11.5 Å². The van der Waals surface area contributed by atoms with Crippen molar-refractivity contribution in [3.05, 3.63) is 53.1 Å². The zero-order valence-electron chi connectivity index (χ0n) is 15.5. The number of hydrogen-bond acceptors (Lipinski definition) is 4. The summed E-state index contributed by atoms with van der Waals surface area (Å²) in [5.41, 5.74) is 3.64. The predicted molar refractivity (Wildman–Crippen MR) is 101 cm³/mol. The molecule has 6 heteroatoms. The van der Waals surface area contributed by atoms with Crippen LogP contribution in [0, 0.1) is 13.8 Å². The van der Waals surface area contributed by atoms with Gasteiger partial charge in [0.1, 0.15) is 0 Å². The molecule has 0 saturated carbocycles. The van der Waals surface area contributed by atoms with E-state index in [4.69, 9.17) is 9.47 Å². The Labute approximate surface area is 153 Å². The molecule has 2 N–H and O–H groups in total. The monoisotopic (exact) mass is 356 g/mol. The normalized spacial score (nSPS) is 10.2. The Morgan fingerprint density at radius 2 is 1.69 bits per heavy atom. The number of amides is 2. The Morgan fingerprint density at radius 3 is 2.38 bits per heavy atom. The minimum absolute atomic E-state index is 0.0838. The van der Waals surface area contributed by atoms with Gasteiger partial charge in [0.05, 0.1) is 27.2 Å². The van der Waals surface area contributed by atoms with E-state index in [9.17, 15) is 9.59 Å². The van der Waals surface area contributed by atoms with Gasteiger partial charge >= 0.3 is 0 Å². The molecule has 2 aromatic rings. The minimum Gasteiger partial charge on any atom is -0.493 e. The number of ether oxygens (including phenoxy) is 2. The molecule has 0 aliphatic rings. The molecule has 0 radical (unpaired) electrons. The number of benzene rings is 2. The van der Waals surface area contributed by atoms with Gasteiger partial charge in [-0.25, -0.2) is 0 Å². The summed E-state index contributed by atoms with van der Waals surface area (Å²) in [5, 5.41) is 5.44. The average Bonchev–Trinajstić information content (AvgIpc) is 2.63. The summed E-state index contributed by atoms with van der Waals surface area (Å²) in [5.74, 6) is 0.655. The van der Waals surface area contributed by atoms with Crippen LogP contribution in [0.4, 0.5) is 5.69 Å². The van der Waals surface area contributed by atoms with E-state index >= 15 is 0 Å². The maximum absolute atomic E-state index is 12.1. The lowest BCUT2D eigenvalue weighted by Crippen LogP contribution is -2.33. The van der Waals surface area contributed by atoms with Crippen molar-refractivity contribution in [3.63, 3.8) is 0 Å². The number of anilines is 1. The molecule has 2 rings (SSSR count). The third kappa shape index (κ3) is 4.99. The fourth-order valence-corrected chi connectivity index (χ4v) is 2.50. The zero-order chi connectivity index (χ0) is 19.1. The molecule has 0 unspecified atom stereocenters. The van der Waals surface area contributed by atoms with Crippen LogP contribution >= 0.6 is 0 Å². The maximum Gasteiger partial charge on any atom is 0.243 e. The highest BCUT2D eigenvalue weighted by Gasteiger charge is 2.11. The van der Waals surface area contributed by atoms with E-state index in [1.807, 2.05) is 32.0 Å². The van der Waals surface area contributed by atoms with Gasteiger partial charge in [-0.3, -0.25) is 9.59 Å². The number of aryl methyl sites for hydroxylation is 1. The van der Waals surface area contributed by atoms with Crippen LogP contribution in [0.25, 0.3) is 0 Å². The highest BCUT2D eigenvalue weighted by molar-refractivity contribution is 5.95. The molecule has 2 amide bonds. The van der Waals surface area contributed by atoms with Gasteiger partial charge in [0.15, 0.2) is 11.5 Å². The summed E-state index contributed by atoms with van der Waals surface area (Å²) in [6, 6.07) is 11.0. The summed E-state index contributed by atoms with van der Waals surface area (Å²) in [6.07, 6.45) is 0.150. The van der Waals surface area contributed by atoms with E-state index in [1.165, 1.54) is 0 Å². The average molecular weight is 356 g/mol. The largest absolute Gasteiger partial charge is 0.493 e. The Hall–Kier alpha value is -3.02. The molecule has 0 heterocycles. The van der Waals surface area contributed by atoms with E-state index < -0.39 is 0 Å². The van der Waals surface area contributed by atoms with Gasteiger partial charge < -0.3 is 20.1 Å². The lowest BCUT2D eigenvalue weighted by atomic mass is 10.1. The first-order valence-corrected chi connectivity index (χ1v) is 8.28. The standard InChI is InChI=1S/C20H24N2O4/c1-13-6-5-7-16(14(13)2)22-20(24)12-21-19(23)11-15-8-9-17(25-3)18(10-15)26-4/h5-10H,11-12H2,1-4H3,(H,21,23)(H,22,24). The topological polar surface area (TPSA) is 76.7 Å². The lowest BCUT2D eigenvalue weighted by Gasteiger charge is -2.11. The highest BCUT2D eigenvalue weighted by atomic mass is 16.5. The van der Waals surface area contributed by atoms with Gasteiger partial charge in [-0.05, 0) is 48.7 Å². The molecule has 0 atom stereocenters.